The van der Waals surface area contributed by atoms with Gasteiger partial charge in [-0.25, -0.2) is 4.39 Å². The number of likely N-dealkylation sites (tertiary alicyclic amines) is 1. The van der Waals surface area contributed by atoms with Crippen molar-refractivity contribution in [2.75, 3.05) is 19.6 Å². The molecule has 1 aliphatic rings. The number of carbonyl (C=O) groups excluding carboxylic acids is 1. The molecule has 0 aromatic heterocycles. The molecule has 0 saturated carbocycles. The topological polar surface area (TPSA) is 20.3 Å². The van der Waals surface area contributed by atoms with E-state index in [1.807, 2.05) is 6.92 Å². The smallest absolute Gasteiger partial charge is 0.138 e. The maximum atomic E-state index is 12.5. The number of rotatable bonds is 3. The zero-order valence-electron chi connectivity index (χ0n) is 8.42. The molecule has 0 amide bonds. The van der Waals surface area contributed by atoms with Gasteiger partial charge in [-0.3, -0.25) is 4.79 Å². The van der Waals surface area contributed by atoms with Crippen LogP contribution in [-0.2, 0) is 4.79 Å². The van der Waals surface area contributed by atoms with E-state index in [9.17, 15) is 9.18 Å². The molecule has 2 nitrogen and oxygen atoms in total. The molecule has 13 heavy (non-hydrogen) atoms. The molecule has 0 N–H and O–H groups in total. The van der Waals surface area contributed by atoms with Crippen molar-refractivity contribution in [2.45, 2.75) is 32.9 Å². The number of hydrogen-bond donors (Lipinski definition) is 0. The molecule has 3 heteroatoms. The van der Waals surface area contributed by atoms with Crippen molar-refractivity contribution < 1.29 is 9.18 Å². The van der Waals surface area contributed by atoms with Gasteiger partial charge < -0.3 is 4.90 Å². The van der Waals surface area contributed by atoms with E-state index in [1.54, 1.807) is 6.92 Å². The van der Waals surface area contributed by atoms with Crippen LogP contribution in [0.2, 0.25) is 0 Å². The first-order valence-corrected chi connectivity index (χ1v) is 4.98. The summed E-state index contributed by atoms with van der Waals surface area (Å²) < 4.78 is 12.5. The highest BCUT2D eigenvalue weighted by Gasteiger charge is 2.22. The highest BCUT2D eigenvalue weighted by Crippen LogP contribution is 2.13. The van der Waals surface area contributed by atoms with Crippen LogP contribution in [0.5, 0.6) is 0 Å². The maximum absolute atomic E-state index is 12.5. The Morgan fingerprint density at radius 3 is 2.92 bits per heavy atom. The fourth-order valence-corrected chi connectivity index (χ4v) is 1.66. The van der Waals surface area contributed by atoms with Crippen molar-refractivity contribution in [1.82, 2.24) is 4.90 Å². The molecule has 0 spiro atoms. The number of alkyl halides is 1. The quantitative estimate of drug-likeness (QED) is 0.669. The van der Waals surface area contributed by atoms with Crippen molar-refractivity contribution in [2.24, 2.45) is 5.92 Å². The second-order valence-electron chi connectivity index (χ2n) is 3.99. The Hall–Kier alpha value is -0.440. The SMILES string of the molecule is CC(F)CCN1CCC(=O)C(C)C1. The van der Waals surface area contributed by atoms with Crippen molar-refractivity contribution in [3.05, 3.63) is 0 Å². The van der Waals surface area contributed by atoms with Crippen molar-refractivity contribution in [1.29, 1.82) is 0 Å². The van der Waals surface area contributed by atoms with E-state index < -0.39 is 6.17 Å². The summed E-state index contributed by atoms with van der Waals surface area (Å²) in [5.41, 5.74) is 0. The molecule has 0 aromatic rings. The Labute approximate surface area is 79.1 Å². The van der Waals surface area contributed by atoms with Crippen LogP contribution >= 0.6 is 0 Å². The third-order valence-corrected chi connectivity index (χ3v) is 2.60. The zero-order valence-corrected chi connectivity index (χ0v) is 8.42. The molecule has 1 rings (SSSR count). The van der Waals surface area contributed by atoms with E-state index >= 15 is 0 Å². The van der Waals surface area contributed by atoms with E-state index in [1.165, 1.54) is 0 Å². The molecule has 0 aromatic carbocycles. The summed E-state index contributed by atoms with van der Waals surface area (Å²) >= 11 is 0. The lowest BCUT2D eigenvalue weighted by molar-refractivity contribution is -0.125. The molecule has 76 valence electrons. The molecule has 2 atom stereocenters. The number of piperidine rings is 1. The monoisotopic (exact) mass is 187 g/mol. The van der Waals surface area contributed by atoms with Gasteiger partial charge >= 0.3 is 0 Å². The molecule has 0 bridgehead atoms. The molecular weight excluding hydrogens is 169 g/mol. The van der Waals surface area contributed by atoms with Gasteiger partial charge in [0.05, 0.1) is 6.17 Å². The largest absolute Gasteiger partial charge is 0.302 e. The summed E-state index contributed by atoms with van der Waals surface area (Å²) in [5, 5.41) is 0. The lowest BCUT2D eigenvalue weighted by Gasteiger charge is -2.29. The predicted octanol–water partition coefficient (Wildman–Crippen LogP) is 1.65. The van der Waals surface area contributed by atoms with Crippen LogP contribution < -0.4 is 0 Å². The maximum Gasteiger partial charge on any atom is 0.138 e. The number of ketones is 1. The van der Waals surface area contributed by atoms with Crippen molar-refractivity contribution >= 4 is 5.78 Å². The minimum atomic E-state index is -0.729. The first-order chi connectivity index (χ1) is 6.09. The molecule has 1 saturated heterocycles. The van der Waals surface area contributed by atoms with Gasteiger partial charge in [0, 0.05) is 32.0 Å². The second kappa shape index (κ2) is 4.70. The van der Waals surface area contributed by atoms with Crippen LogP contribution in [0.1, 0.15) is 26.7 Å². The van der Waals surface area contributed by atoms with Gasteiger partial charge in [-0.2, -0.15) is 0 Å². The van der Waals surface area contributed by atoms with E-state index in [0.29, 0.717) is 18.6 Å². The van der Waals surface area contributed by atoms with Crippen molar-refractivity contribution in [3.8, 4) is 0 Å². The van der Waals surface area contributed by atoms with Crippen LogP contribution in [0.4, 0.5) is 4.39 Å². The molecule has 0 aliphatic carbocycles. The van der Waals surface area contributed by atoms with E-state index in [2.05, 4.69) is 4.90 Å². The summed E-state index contributed by atoms with van der Waals surface area (Å²) in [6.07, 6.45) is 0.496. The fraction of sp³-hybridized carbons (Fsp3) is 0.900. The highest BCUT2D eigenvalue weighted by atomic mass is 19.1. The van der Waals surface area contributed by atoms with Crippen LogP contribution in [0.3, 0.4) is 0 Å². The Bertz CT molecular complexity index is 182. The Morgan fingerprint density at radius 2 is 2.38 bits per heavy atom. The number of Topliss-reactive ketones (excluding diaryl/α,β-unsaturated/α-hetero) is 1. The molecular formula is C10H18FNO. The predicted molar refractivity (Wildman–Crippen MR) is 50.4 cm³/mol. The van der Waals surface area contributed by atoms with Gasteiger partial charge in [-0.05, 0) is 13.3 Å². The summed E-state index contributed by atoms with van der Waals surface area (Å²) in [6, 6.07) is 0. The van der Waals surface area contributed by atoms with Gasteiger partial charge in [0.15, 0.2) is 0 Å². The Kier molecular flexibility index (Phi) is 3.85. The van der Waals surface area contributed by atoms with Gasteiger partial charge in [-0.15, -0.1) is 0 Å². The van der Waals surface area contributed by atoms with Crippen LogP contribution in [0.15, 0.2) is 0 Å². The third kappa shape index (κ3) is 3.43. The summed E-state index contributed by atoms with van der Waals surface area (Å²) in [4.78, 5) is 13.4. The standard InChI is InChI=1S/C10H18FNO/c1-8-7-12(5-3-9(2)11)6-4-10(8)13/h8-9H,3-7H2,1-2H3. The van der Waals surface area contributed by atoms with Crippen LogP contribution in [0, 0.1) is 5.92 Å². The molecule has 1 fully saturated rings. The first-order valence-electron chi connectivity index (χ1n) is 4.98. The molecule has 1 heterocycles. The minimum absolute atomic E-state index is 0.142. The first kappa shape index (κ1) is 10.6. The average molecular weight is 187 g/mol. The highest BCUT2D eigenvalue weighted by molar-refractivity contribution is 5.81. The Balaban J connectivity index is 2.25. The van der Waals surface area contributed by atoms with Gasteiger partial charge in [0.25, 0.3) is 0 Å². The number of halogens is 1. The van der Waals surface area contributed by atoms with E-state index in [0.717, 1.165) is 19.6 Å². The zero-order chi connectivity index (χ0) is 9.84. The lowest BCUT2D eigenvalue weighted by atomic mass is 9.98. The number of carbonyl (C=O) groups is 1. The minimum Gasteiger partial charge on any atom is -0.302 e. The van der Waals surface area contributed by atoms with Gasteiger partial charge in [-0.1, -0.05) is 6.92 Å². The average Bonchev–Trinajstić information content (AvgIpc) is 2.07. The van der Waals surface area contributed by atoms with E-state index in [4.69, 9.17) is 0 Å². The summed E-state index contributed by atoms with van der Waals surface area (Å²) in [5.74, 6) is 0.494. The number of hydrogen-bond acceptors (Lipinski definition) is 2. The van der Waals surface area contributed by atoms with Crippen LogP contribution in [0.25, 0.3) is 0 Å². The van der Waals surface area contributed by atoms with Crippen molar-refractivity contribution in [3.63, 3.8) is 0 Å². The van der Waals surface area contributed by atoms with Gasteiger partial charge in [0.2, 0.25) is 0 Å². The van der Waals surface area contributed by atoms with E-state index in [-0.39, 0.29) is 5.92 Å². The van der Waals surface area contributed by atoms with Crippen LogP contribution in [-0.4, -0.2) is 36.5 Å². The third-order valence-electron chi connectivity index (χ3n) is 2.60. The summed E-state index contributed by atoms with van der Waals surface area (Å²) in [7, 11) is 0. The Morgan fingerprint density at radius 1 is 1.69 bits per heavy atom. The summed E-state index contributed by atoms with van der Waals surface area (Å²) in [6.45, 7) is 5.95. The molecule has 0 radical (unpaired) electrons. The fourth-order valence-electron chi connectivity index (χ4n) is 1.66. The second-order valence-corrected chi connectivity index (χ2v) is 3.99. The molecule has 1 aliphatic heterocycles. The normalized spacial score (nSPS) is 27.6. The number of nitrogens with zero attached hydrogens (tertiary/aromatic N) is 1. The lowest BCUT2D eigenvalue weighted by Crippen LogP contribution is -2.40. The van der Waals surface area contributed by atoms with Gasteiger partial charge in [0.1, 0.15) is 5.78 Å². The molecule has 2 unspecified atom stereocenters.